The maximum absolute atomic E-state index is 4.74. The highest BCUT2D eigenvalue weighted by Gasteiger charge is 2.11. The van der Waals surface area contributed by atoms with Crippen LogP contribution in [0.15, 0.2) is 72.2 Å². The second kappa shape index (κ2) is 7.79. The number of rotatable bonds is 5. The van der Waals surface area contributed by atoms with Gasteiger partial charge in [-0.1, -0.05) is 18.2 Å². The molecule has 0 radical (unpaired) electrons. The summed E-state index contributed by atoms with van der Waals surface area (Å²) in [5.74, 6) is 0.467. The van der Waals surface area contributed by atoms with E-state index < -0.39 is 0 Å². The Bertz CT molecular complexity index is 1080. The minimum Gasteiger partial charge on any atom is -0.265 e. The highest BCUT2D eigenvalue weighted by molar-refractivity contribution is 5.89. The molecule has 0 unspecified atom stereocenters. The molecule has 0 spiro atoms. The fourth-order valence-electron chi connectivity index (χ4n) is 2.86. The highest BCUT2D eigenvalue weighted by atomic mass is 15.3. The fraction of sp³-hybridized carbons (Fsp3) is 0.0952. The van der Waals surface area contributed by atoms with E-state index in [2.05, 4.69) is 25.5 Å². The van der Waals surface area contributed by atoms with E-state index in [4.69, 9.17) is 5.10 Å². The molecule has 4 rings (SSSR count). The molecular weight excluding hydrogens is 350 g/mol. The number of anilines is 1. The lowest BCUT2D eigenvalue weighted by Gasteiger charge is -2.01. The molecule has 3 heterocycles. The van der Waals surface area contributed by atoms with Crippen LogP contribution in [0.5, 0.6) is 0 Å². The molecule has 7 nitrogen and oxygen atoms in total. The average Bonchev–Trinajstić information content (AvgIpc) is 3.13. The third-order valence-corrected chi connectivity index (χ3v) is 4.07. The molecule has 138 valence electrons. The van der Waals surface area contributed by atoms with Gasteiger partial charge in [0, 0.05) is 41.1 Å². The van der Waals surface area contributed by atoms with E-state index in [1.807, 2.05) is 73.3 Å². The van der Waals surface area contributed by atoms with Crippen LogP contribution in [0, 0.1) is 13.8 Å². The average molecular weight is 369 g/mol. The Kier molecular flexibility index (Phi) is 4.88. The Morgan fingerprint density at radius 3 is 2.39 bits per heavy atom. The molecule has 1 N–H and O–H groups in total. The van der Waals surface area contributed by atoms with Crippen LogP contribution in [0.1, 0.15) is 17.0 Å². The van der Waals surface area contributed by atoms with Gasteiger partial charge in [-0.2, -0.15) is 10.2 Å². The van der Waals surface area contributed by atoms with E-state index in [-0.39, 0.29) is 0 Å². The van der Waals surface area contributed by atoms with Gasteiger partial charge in [-0.25, -0.2) is 20.1 Å². The van der Waals surface area contributed by atoms with E-state index in [9.17, 15) is 0 Å². The van der Waals surface area contributed by atoms with Crippen LogP contribution >= 0.6 is 0 Å². The van der Waals surface area contributed by atoms with Crippen LogP contribution in [0.25, 0.3) is 16.9 Å². The molecule has 0 aliphatic heterocycles. The smallest absolute Gasteiger partial charge is 0.243 e. The summed E-state index contributed by atoms with van der Waals surface area (Å²) < 4.78 is 1.84. The van der Waals surface area contributed by atoms with Crippen molar-refractivity contribution in [3.05, 3.63) is 84.1 Å². The van der Waals surface area contributed by atoms with Crippen LogP contribution in [-0.4, -0.2) is 30.9 Å². The van der Waals surface area contributed by atoms with E-state index in [1.165, 1.54) is 0 Å². The second-order valence-corrected chi connectivity index (χ2v) is 6.29. The predicted molar refractivity (Wildman–Crippen MR) is 110 cm³/mol. The molecule has 0 atom stereocenters. The number of hydrogen-bond acceptors (Lipinski definition) is 6. The van der Waals surface area contributed by atoms with Gasteiger partial charge in [0.05, 0.1) is 11.9 Å². The Morgan fingerprint density at radius 2 is 1.68 bits per heavy atom. The molecular formula is C21H19N7. The monoisotopic (exact) mass is 369 g/mol. The van der Waals surface area contributed by atoms with Crippen LogP contribution in [0.4, 0.5) is 5.95 Å². The van der Waals surface area contributed by atoms with Crippen molar-refractivity contribution >= 4 is 12.2 Å². The van der Waals surface area contributed by atoms with Crippen molar-refractivity contribution in [1.29, 1.82) is 0 Å². The van der Waals surface area contributed by atoms with Gasteiger partial charge in [0.25, 0.3) is 0 Å². The Balaban J connectivity index is 1.67. The van der Waals surface area contributed by atoms with Crippen molar-refractivity contribution in [3.8, 4) is 16.9 Å². The standard InChI is InChI=1S/C21H19N7/c1-15-12-16(2)25-21(24-15)26-23-13-18-14-28(19-6-4-3-5-7-19)27-20(18)17-8-10-22-11-9-17/h3-14H,1-2H3,(H,24,25,26)/b23-13-. The van der Waals surface area contributed by atoms with Gasteiger partial charge in [0.1, 0.15) is 5.69 Å². The topological polar surface area (TPSA) is 80.9 Å². The summed E-state index contributed by atoms with van der Waals surface area (Å²) in [5, 5.41) is 9.06. The summed E-state index contributed by atoms with van der Waals surface area (Å²) in [6.07, 6.45) is 7.17. The first kappa shape index (κ1) is 17.5. The zero-order valence-corrected chi connectivity index (χ0v) is 15.6. The maximum atomic E-state index is 4.74. The van der Waals surface area contributed by atoms with Gasteiger partial charge in [-0.3, -0.25) is 4.98 Å². The lowest BCUT2D eigenvalue weighted by molar-refractivity contribution is 0.884. The summed E-state index contributed by atoms with van der Waals surface area (Å²) in [7, 11) is 0. The molecule has 3 aromatic heterocycles. The summed E-state index contributed by atoms with van der Waals surface area (Å²) in [6.45, 7) is 3.85. The molecule has 28 heavy (non-hydrogen) atoms. The number of benzene rings is 1. The van der Waals surface area contributed by atoms with Crippen LogP contribution in [0.2, 0.25) is 0 Å². The highest BCUT2D eigenvalue weighted by Crippen LogP contribution is 2.22. The van der Waals surface area contributed by atoms with Crippen molar-refractivity contribution < 1.29 is 0 Å². The first-order valence-corrected chi connectivity index (χ1v) is 8.86. The van der Waals surface area contributed by atoms with E-state index >= 15 is 0 Å². The maximum Gasteiger partial charge on any atom is 0.243 e. The summed E-state index contributed by atoms with van der Waals surface area (Å²) in [5.41, 5.74) is 8.30. The van der Waals surface area contributed by atoms with Crippen LogP contribution in [-0.2, 0) is 0 Å². The van der Waals surface area contributed by atoms with E-state index in [0.717, 1.165) is 33.9 Å². The van der Waals surface area contributed by atoms with E-state index in [1.54, 1.807) is 18.6 Å². The molecule has 4 aromatic rings. The number of aromatic nitrogens is 5. The minimum atomic E-state index is 0.467. The molecule has 7 heteroatoms. The molecule has 0 aliphatic rings. The summed E-state index contributed by atoms with van der Waals surface area (Å²) >= 11 is 0. The van der Waals surface area contributed by atoms with E-state index in [0.29, 0.717) is 5.95 Å². The zero-order chi connectivity index (χ0) is 19.3. The first-order valence-electron chi connectivity index (χ1n) is 8.86. The molecule has 0 amide bonds. The number of nitrogens with one attached hydrogen (secondary N) is 1. The van der Waals surface area contributed by atoms with Crippen molar-refractivity contribution in [2.45, 2.75) is 13.8 Å². The molecule has 0 fully saturated rings. The molecule has 1 aromatic carbocycles. The molecule has 0 saturated carbocycles. The van der Waals surface area contributed by atoms with Gasteiger partial charge >= 0.3 is 0 Å². The van der Waals surface area contributed by atoms with Crippen molar-refractivity contribution in [2.75, 3.05) is 5.43 Å². The third-order valence-electron chi connectivity index (χ3n) is 4.07. The number of aryl methyl sites for hydroxylation is 2. The molecule has 0 saturated heterocycles. The van der Waals surface area contributed by atoms with Crippen LogP contribution < -0.4 is 5.43 Å². The van der Waals surface area contributed by atoms with Crippen molar-refractivity contribution in [3.63, 3.8) is 0 Å². The quantitative estimate of drug-likeness (QED) is 0.428. The summed E-state index contributed by atoms with van der Waals surface area (Å²) in [4.78, 5) is 12.8. The SMILES string of the molecule is Cc1cc(C)nc(N/N=C\c2cn(-c3ccccc3)nc2-c2ccncc2)n1. The predicted octanol–water partition coefficient (Wildman–Crippen LogP) is 3.79. The largest absolute Gasteiger partial charge is 0.265 e. The Morgan fingerprint density at radius 1 is 0.964 bits per heavy atom. The number of pyridine rings is 1. The minimum absolute atomic E-state index is 0.467. The normalized spacial score (nSPS) is 11.1. The zero-order valence-electron chi connectivity index (χ0n) is 15.6. The van der Waals surface area contributed by atoms with Crippen LogP contribution in [0.3, 0.4) is 0 Å². The Hall–Kier alpha value is -3.87. The number of para-hydroxylation sites is 1. The number of hydrazone groups is 1. The van der Waals surface area contributed by atoms with Gasteiger partial charge < -0.3 is 0 Å². The molecule has 0 bridgehead atoms. The van der Waals surface area contributed by atoms with Crippen molar-refractivity contribution in [1.82, 2.24) is 24.7 Å². The van der Waals surface area contributed by atoms with Gasteiger partial charge in [0.15, 0.2) is 0 Å². The summed E-state index contributed by atoms with van der Waals surface area (Å²) in [6, 6.07) is 15.7. The van der Waals surface area contributed by atoms with Gasteiger partial charge in [0.2, 0.25) is 5.95 Å². The Labute approximate surface area is 162 Å². The number of nitrogens with zero attached hydrogens (tertiary/aromatic N) is 6. The second-order valence-electron chi connectivity index (χ2n) is 6.29. The van der Waals surface area contributed by atoms with Crippen molar-refractivity contribution in [2.24, 2.45) is 5.10 Å². The fourth-order valence-corrected chi connectivity index (χ4v) is 2.86. The van der Waals surface area contributed by atoms with Gasteiger partial charge in [-0.15, -0.1) is 0 Å². The number of hydrogen-bond donors (Lipinski definition) is 1. The van der Waals surface area contributed by atoms with Gasteiger partial charge in [-0.05, 0) is 44.2 Å². The lowest BCUT2D eigenvalue weighted by Crippen LogP contribution is -1.99. The third kappa shape index (κ3) is 3.93. The lowest BCUT2D eigenvalue weighted by atomic mass is 10.1. The molecule has 0 aliphatic carbocycles. The first-order chi connectivity index (χ1) is 13.7.